The van der Waals surface area contributed by atoms with Crippen molar-refractivity contribution in [2.24, 2.45) is 28.6 Å². The van der Waals surface area contributed by atoms with Crippen LogP contribution >= 0.6 is 0 Å². The molecule has 0 amide bonds. The molecule has 3 saturated carbocycles. The molecule has 1 heterocycles. The maximum absolute atomic E-state index is 13.7. The van der Waals surface area contributed by atoms with Crippen molar-refractivity contribution in [2.45, 2.75) is 95.1 Å². The smallest absolute Gasteiger partial charge is 0.335 e. The van der Waals surface area contributed by atoms with E-state index in [1.807, 2.05) is 0 Å². The van der Waals surface area contributed by atoms with E-state index in [1.54, 1.807) is 13.0 Å². The standard InChI is InChI=1S/C27H36O11/c1-25-7-5-13(28)9-12(25)3-4-14-15-6-8-27(36,26(15,2)10-16(29)18(14)25)17(30)11-37-24-21(33)19(31)20(32)22(38-24)23(34)35/h9,14-15,18-22,24,31-33,36H,3-8,10-11H2,1-2H3,(H,34,35). The zero-order valence-corrected chi connectivity index (χ0v) is 21.5. The normalized spacial score (nSPS) is 48.5. The van der Waals surface area contributed by atoms with E-state index in [0.717, 1.165) is 5.57 Å². The Kier molecular flexibility index (Phi) is 6.72. The van der Waals surface area contributed by atoms with Gasteiger partial charge in [-0.25, -0.2) is 4.79 Å². The number of carbonyl (C=O) groups excluding carboxylic acids is 3. The highest BCUT2D eigenvalue weighted by Gasteiger charge is 2.68. The van der Waals surface area contributed by atoms with Crippen molar-refractivity contribution in [1.29, 1.82) is 0 Å². The molecule has 0 aromatic heterocycles. The van der Waals surface area contributed by atoms with E-state index < -0.39 is 65.5 Å². The molecule has 0 aromatic rings. The van der Waals surface area contributed by atoms with Crippen LogP contribution < -0.4 is 0 Å². The van der Waals surface area contributed by atoms with Crippen LogP contribution in [0.1, 0.15) is 58.8 Å². The number of Topliss-reactive ketones (excluding diaryl/α,β-unsaturated/α-hetero) is 2. The summed E-state index contributed by atoms with van der Waals surface area (Å²) in [4.78, 5) is 50.5. The van der Waals surface area contributed by atoms with E-state index >= 15 is 0 Å². The Balaban J connectivity index is 1.34. The summed E-state index contributed by atoms with van der Waals surface area (Å²) >= 11 is 0. The lowest BCUT2D eigenvalue weighted by Crippen LogP contribution is -2.62. The summed E-state index contributed by atoms with van der Waals surface area (Å²) in [6.07, 6.45) is -4.39. The maximum Gasteiger partial charge on any atom is 0.335 e. The van der Waals surface area contributed by atoms with Crippen molar-refractivity contribution >= 4 is 23.3 Å². The Morgan fingerprint density at radius 1 is 1.05 bits per heavy atom. The summed E-state index contributed by atoms with van der Waals surface area (Å²) in [6, 6.07) is 0. The number of ether oxygens (including phenoxy) is 2. The van der Waals surface area contributed by atoms with Gasteiger partial charge in [0.05, 0.1) is 0 Å². The van der Waals surface area contributed by atoms with Gasteiger partial charge in [0.2, 0.25) is 0 Å². The Hall–Kier alpha value is -2.02. The van der Waals surface area contributed by atoms with Gasteiger partial charge in [-0.15, -0.1) is 0 Å². The third kappa shape index (κ3) is 3.85. The second-order valence-corrected chi connectivity index (χ2v) is 12.3. The van der Waals surface area contributed by atoms with Crippen LogP contribution in [0.3, 0.4) is 0 Å². The third-order valence-electron chi connectivity index (χ3n) is 10.5. The van der Waals surface area contributed by atoms with Crippen molar-refractivity contribution in [3.63, 3.8) is 0 Å². The molecule has 0 radical (unpaired) electrons. The minimum atomic E-state index is -1.90. The average Bonchev–Trinajstić information content (AvgIpc) is 3.13. The highest BCUT2D eigenvalue weighted by Crippen LogP contribution is 2.66. The first-order valence-corrected chi connectivity index (χ1v) is 13.3. The number of carboxylic acid groups (broad SMARTS) is 1. The SMILES string of the molecule is CC12CCC(=O)C=C1CCC1C2C(=O)CC2(C)C1CCC2(O)C(=O)COC1OC(C(=O)O)C(O)C(O)C1O. The highest BCUT2D eigenvalue weighted by atomic mass is 16.7. The van der Waals surface area contributed by atoms with Crippen molar-refractivity contribution in [3.8, 4) is 0 Å². The molecule has 0 aromatic carbocycles. The lowest BCUT2D eigenvalue weighted by Gasteiger charge is -2.57. The number of carbonyl (C=O) groups is 4. The number of fused-ring (bicyclic) bond motifs is 5. The summed E-state index contributed by atoms with van der Waals surface area (Å²) in [5.74, 6) is -2.62. The number of carboxylic acids is 1. The van der Waals surface area contributed by atoms with E-state index in [-0.39, 0.29) is 42.2 Å². The van der Waals surface area contributed by atoms with Gasteiger partial charge >= 0.3 is 5.97 Å². The van der Waals surface area contributed by atoms with Gasteiger partial charge in [-0.3, -0.25) is 14.4 Å². The van der Waals surface area contributed by atoms with Crippen molar-refractivity contribution in [2.75, 3.05) is 6.61 Å². The second kappa shape index (κ2) is 9.28. The van der Waals surface area contributed by atoms with Gasteiger partial charge in [0.15, 0.2) is 24.0 Å². The van der Waals surface area contributed by atoms with Gasteiger partial charge in [-0.05, 0) is 55.4 Å². The van der Waals surface area contributed by atoms with Crippen LogP contribution in [0.25, 0.3) is 0 Å². The zero-order chi connectivity index (χ0) is 27.8. The summed E-state index contributed by atoms with van der Waals surface area (Å²) < 4.78 is 10.4. The Morgan fingerprint density at radius 3 is 2.45 bits per heavy atom. The minimum absolute atomic E-state index is 0.00639. The monoisotopic (exact) mass is 536 g/mol. The van der Waals surface area contributed by atoms with Gasteiger partial charge in [0, 0.05) is 24.2 Å². The molecule has 11 atom stereocenters. The molecule has 5 aliphatic rings. The lowest BCUT2D eigenvalue weighted by atomic mass is 9.46. The molecule has 4 aliphatic carbocycles. The molecule has 11 unspecified atom stereocenters. The summed E-state index contributed by atoms with van der Waals surface area (Å²) in [5.41, 5.74) is -2.30. The molecule has 0 bridgehead atoms. The Morgan fingerprint density at radius 2 is 1.76 bits per heavy atom. The highest BCUT2D eigenvalue weighted by molar-refractivity contribution is 5.94. The van der Waals surface area contributed by atoms with E-state index in [2.05, 4.69) is 6.92 Å². The zero-order valence-electron chi connectivity index (χ0n) is 21.5. The summed E-state index contributed by atoms with van der Waals surface area (Å²) in [5, 5.41) is 51.0. The number of allylic oxidation sites excluding steroid dienone is 1. The van der Waals surface area contributed by atoms with Crippen LogP contribution in [0.4, 0.5) is 0 Å². The Bertz CT molecular complexity index is 1080. The van der Waals surface area contributed by atoms with Gasteiger partial charge in [0.25, 0.3) is 0 Å². The molecular weight excluding hydrogens is 500 g/mol. The predicted octanol–water partition coefficient (Wildman–Crippen LogP) is -0.0937. The molecule has 11 nitrogen and oxygen atoms in total. The number of aliphatic hydroxyl groups is 4. The van der Waals surface area contributed by atoms with Crippen molar-refractivity contribution in [1.82, 2.24) is 0 Å². The average molecular weight is 537 g/mol. The molecule has 1 aliphatic heterocycles. The predicted molar refractivity (Wildman–Crippen MR) is 127 cm³/mol. The fourth-order valence-corrected chi connectivity index (χ4v) is 8.31. The first-order chi connectivity index (χ1) is 17.7. The molecule has 11 heteroatoms. The van der Waals surface area contributed by atoms with Crippen LogP contribution in [0.15, 0.2) is 11.6 Å². The molecule has 5 N–H and O–H groups in total. The van der Waals surface area contributed by atoms with Crippen LogP contribution in [0.2, 0.25) is 0 Å². The first kappa shape index (κ1) is 27.5. The molecule has 210 valence electrons. The second-order valence-electron chi connectivity index (χ2n) is 12.3. The third-order valence-corrected chi connectivity index (χ3v) is 10.5. The van der Waals surface area contributed by atoms with Gasteiger partial charge in [-0.2, -0.15) is 0 Å². The van der Waals surface area contributed by atoms with Crippen LogP contribution in [-0.2, 0) is 28.7 Å². The Labute approximate surface area is 219 Å². The van der Waals surface area contributed by atoms with Gasteiger partial charge in [0.1, 0.15) is 36.3 Å². The van der Waals surface area contributed by atoms with E-state index in [4.69, 9.17) is 9.47 Å². The number of hydrogen-bond acceptors (Lipinski definition) is 10. The van der Waals surface area contributed by atoms with Crippen LogP contribution in [0.5, 0.6) is 0 Å². The fourth-order valence-electron chi connectivity index (χ4n) is 8.31. The molecular formula is C27H36O11. The van der Waals surface area contributed by atoms with Crippen LogP contribution in [-0.4, -0.2) is 91.8 Å². The molecule has 4 fully saturated rings. The van der Waals surface area contributed by atoms with Gasteiger partial charge in [-0.1, -0.05) is 19.4 Å². The summed E-state index contributed by atoms with van der Waals surface area (Å²) in [6.45, 7) is 3.08. The first-order valence-electron chi connectivity index (χ1n) is 13.3. The number of ketones is 3. The fraction of sp³-hybridized carbons (Fsp3) is 0.778. The largest absolute Gasteiger partial charge is 0.479 e. The van der Waals surface area contributed by atoms with Crippen molar-refractivity contribution < 1.29 is 54.2 Å². The molecule has 38 heavy (non-hydrogen) atoms. The summed E-state index contributed by atoms with van der Waals surface area (Å²) in [7, 11) is 0. The molecule has 0 spiro atoms. The van der Waals surface area contributed by atoms with E-state index in [1.165, 1.54) is 0 Å². The maximum atomic E-state index is 13.7. The topological polar surface area (TPSA) is 188 Å². The number of aliphatic carboxylic acids is 1. The van der Waals surface area contributed by atoms with Gasteiger partial charge < -0.3 is 35.0 Å². The quantitative estimate of drug-likeness (QED) is 0.316. The van der Waals surface area contributed by atoms with Crippen LogP contribution in [0, 0.1) is 28.6 Å². The van der Waals surface area contributed by atoms with E-state index in [0.29, 0.717) is 32.1 Å². The number of hydrogen-bond donors (Lipinski definition) is 5. The van der Waals surface area contributed by atoms with Crippen molar-refractivity contribution in [3.05, 3.63) is 11.6 Å². The molecule has 5 rings (SSSR count). The molecule has 1 saturated heterocycles. The van der Waals surface area contributed by atoms with E-state index in [9.17, 15) is 44.7 Å². The minimum Gasteiger partial charge on any atom is -0.479 e. The number of aliphatic hydroxyl groups excluding tert-OH is 3. The lowest BCUT2D eigenvalue weighted by molar-refractivity contribution is -0.293. The number of rotatable bonds is 5.